The molecule has 1 aromatic heterocycles. The first-order valence-corrected chi connectivity index (χ1v) is 8.15. The fourth-order valence-electron chi connectivity index (χ4n) is 3.00. The zero-order chi connectivity index (χ0) is 17.0. The van der Waals surface area contributed by atoms with Crippen molar-refractivity contribution in [1.82, 2.24) is 20.1 Å². The van der Waals surface area contributed by atoms with Crippen molar-refractivity contribution in [3.8, 4) is 0 Å². The van der Waals surface area contributed by atoms with Gasteiger partial charge in [-0.3, -0.25) is 9.88 Å². The monoisotopic (exact) mass is 320 g/mol. The van der Waals surface area contributed by atoms with Crippen LogP contribution in [0.5, 0.6) is 0 Å². The molecule has 1 aromatic rings. The van der Waals surface area contributed by atoms with Crippen LogP contribution in [-0.4, -0.2) is 63.7 Å². The second kappa shape index (κ2) is 7.27. The predicted molar refractivity (Wildman–Crippen MR) is 90.1 cm³/mol. The van der Waals surface area contributed by atoms with E-state index in [0.29, 0.717) is 19.6 Å². The molecule has 2 N–H and O–H groups in total. The van der Waals surface area contributed by atoms with Gasteiger partial charge >= 0.3 is 6.03 Å². The molecule has 1 atom stereocenters. The maximum absolute atomic E-state index is 12.4. The Hall–Kier alpha value is -1.66. The Morgan fingerprint density at radius 3 is 2.83 bits per heavy atom. The van der Waals surface area contributed by atoms with Crippen molar-refractivity contribution in [3.63, 3.8) is 0 Å². The molecule has 0 bridgehead atoms. The lowest BCUT2D eigenvalue weighted by Crippen LogP contribution is -2.58. The maximum Gasteiger partial charge on any atom is 0.317 e. The van der Waals surface area contributed by atoms with Crippen LogP contribution in [0.2, 0.25) is 0 Å². The van der Waals surface area contributed by atoms with Crippen molar-refractivity contribution in [3.05, 3.63) is 29.6 Å². The van der Waals surface area contributed by atoms with Gasteiger partial charge in [0.15, 0.2) is 0 Å². The van der Waals surface area contributed by atoms with Gasteiger partial charge < -0.3 is 15.3 Å². The first-order chi connectivity index (χ1) is 10.8. The van der Waals surface area contributed by atoms with E-state index in [9.17, 15) is 9.90 Å². The van der Waals surface area contributed by atoms with Gasteiger partial charge in [0.25, 0.3) is 0 Å². The molecule has 0 aliphatic carbocycles. The smallest absolute Gasteiger partial charge is 0.317 e. The molecule has 128 valence electrons. The molecule has 0 saturated carbocycles. The van der Waals surface area contributed by atoms with Crippen molar-refractivity contribution in [2.24, 2.45) is 0 Å². The van der Waals surface area contributed by atoms with E-state index < -0.39 is 5.60 Å². The number of amides is 2. The lowest BCUT2D eigenvalue weighted by molar-refractivity contribution is 0.0119. The highest BCUT2D eigenvalue weighted by Gasteiger charge is 2.29. The summed E-state index contributed by atoms with van der Waals surface area (Å²) in [6, 6.07) is 2.03. The molecular formula is C17H28N4O2. The Labute approximate surface area is 138 Å². The third-order valence-corrected chi connectivity index (χ3v) is 4.15. The Morgan fingerprint density at radius 2 is 2.22 bits per heavy atom. The highest BCUT2D eigenvalue weighted by Crippen LogP contribution is 2.13. The number of aryl methyl sites for hydroxylation is 1. The standard InChI is InChI=1S/C17H28N4O2/c1-13-9-18-6-5-15(13)10-19-16(22)21-8-7-20(11-14(21)2)12-17(3,4)23/h5-6,9,14,23H,7-8,10-12H2,1-4H3,(H,19,22). The van der Waals surface area contributed by atoms with Crippen LogP contribution in [0.1, 0.15) is 31.9 Å². The van der Waals surface area contributed by atoms with E-state index in [1.807, 2.05) is 38.7 Å². The molecular weight excluding hydrogens is 292 g/mol. The quantitative estimate of drug-likeness (QED) is 0.879. The van der Waals surface area contributed by atoms with E-state index in [0.717, 1.165) is 24.2 Å². The zero-order valence-corrected chi connectivity index (χ0v) is 14.5. The molecule has 1 aliphatic rings. The maximum atomic E-state index is 12.4. The summed E-state index contributed by atoms with van der Waals surface area (Å²) in [5.74, 6) is 0. The lowest BCUT2D eigenvalue weighted by atomic mass is 10.1. The molecule has 1 fully saturated rings. The number of urea groups is 1. The number of pyridine rings is 1. The van der Waals surface area contributed by atoms with Crippen molar-refractivity contribution < 1.29 is 9.90 Å². The van der Waals surface area contributed by atoms with Crippen LogP contribution in [0.4, 0.5) is 4.79 Å². The molecule has 1 saturated heterocycles. The summed E-state index contributed by atoms with van der Waals surface area (Å²) in [5.41, 5.74) is 1.46. The van der Waals surface area contributed by atoms with Crippen LogP contribution in [0.3, 0.4) is 0 Å². The minimum atomic E-state index is -0.705. The van der Waals surface area contributed by atoms with E-state index in [4.69, 9.17) is 0 Å². The van der Waals surface area contributed by atoms with Crippen LogP contribution in [0, 0.1) is 6.92 Å². The number of carbonyl (C=O) groups is 1. The summed E-state index contributed by atoms with van der Waals surface area (Å²) in [5, 5.41) is 12.9. The number of β-amino-alcohol motifs (C(OH)–C–C–N with tert-alkyl or cyclic N) is 1. The van der Waals surface area contributed by atoms with Crippen molar-refractivity contribution in [2.45, 2.75) is 45.9 Å². The molecule has 1 unspecified atom stereocenters. The average molecular weight is 320 g/mol. The van der Waals surface area contributed by atoms with Crippen LogP contribution in [0.15, 0.2) is 18.5 Å². The van der Waals surface area contributed by atoms with Gasteiger partial charge in [0.05, 0.1) is 5.60 Å². The Balaban J connectivity index is 1.85. The average Bonchev–Trinajstić information content (AvgIpc) is 2.44. The number of rotatable bonds is 4. The molecule has 0 radical (unpaired) electrons. The highest BCUT2D eigenvalue weighted by atomic mass is 16.3. The fourth-order valence-corrected chi connectivity index (χ4v) is 3.00. The van der Waals surface area contributed by atoms with Gasteiger partial charge in [-0.1, -0.05) is 0 Å². The number of hydrogen-bond acceptors (Lipinski definition) is 4. The number of carbonyl (C=O) groups excluding carboxylic acids is 1. The summed E-state index contributed by atoms with van der Waals surface area (Å²) in [6.45, 7) is 11.1. The summed E-state index contributed by atoms with van der Waals surface area (Å²) in [4.78, 5) is 20.6. The van der Waals surface area contributed by atoms with E-state index in [1.165, 1.54) is 0 Å². The molecule has 2 rings (SSSR count). The van der Waals surface area contributed by atoms with E-state index in [2.05, 4.69) is 15.2 Å². The Morgan fingerprint density at radius 1 is 1.48 bits per heavy atom. The second-order valence-electron chi connectivity index (χ2n) is 7.05. The Kier molecular flexibility index (Phi) is 5.59. The van der Waals surface area contributed by atoms with E-state index in [-0.39, 0.29) is 12.1 Å². The summed E-state index contributed by atoms with van der Waals surface area (Å²) in [6.07, 6.45) is 3.55. The number of nitrogens with zero attached hydrogens (tertiary/aromatic N) is 3. The van der Waals surface area contributed by atoms with Gasteiger partial charge in [-0.2, -0.15) is 0 Å². The first kappa shape index (κ1) is 17.7. The third-order valence-electron chi connectivity index (χ3n) is 4.15. The highest BCUT2D eigenvalue weighted by molar-refractivity contribution is 5.74. The minimum absolute atomic E-state index is 0.0309. The molecule has 0 aromatic carbocycles. The Bertz CT molecular complexity index is 542. The number of piperazine rings is 1. The third kappa shape index (κ3) is 5.18. The van der Waals surface area contributed by atoms with Crippen molar-refractivity contribution in [1.29, 1.82) is 0 Å². The largest absolute Gasteiger partial charge is 0.389 e. The predicted octanol–water partition coefficient (Wildman–Crippen LogP) is 1.38. The second-order valence-corrected chi connectivity index (χ2v) is 7.05. The summed E-state index contributed by atoms with van der Waals surface area (Å²) < 4.78 is 0. The number of aromatic nitrogens is 1. The topological polar surface area (TPSA) is 68.7 Å². The van der Waals surface area contributed by atoms with Crippen LogP contribution in [-0.2, 0) is 6.54 Å². The van der Waals surface area contributed by atoms with Gasteiger partial charge in [0, 0.05) is 51.2 Å². The summed E-state index contributed by atoms with van der Waals surface area (Å²) >= 11 is 0. The van der Waals surface area contributed by atoms with E-state index >= 15 is 0 Å². The van der Waals surface area contributed by atoms with Crippen LogP contribution in [0.25, 0.3) is 0 Å². The number of aliphatic hydroxyl groups is 1. The number of nitrogens with one attached hydrogen (secondary N) is 1. The molecule has 2 amide bonds. The van der Waals surface area contributed by atoms with Gasteiger partial charge in [-0.25, -0.2) is 4.79 Å². The SMILES string of the molecule is Cc1cnccc1CNC(=O)N1CCN(CC(C)(C)O)CC1C. The lowest BCUT2D eigenvalue weighted by Gasteiger charge is -2.41. The minimum Gasteiger partial charge on any atom is -0.389 e. The van der Waals surface area contributed by atoms with Gasteiger partial charge in [-0.05, 0) is 44.9 Å². The zero-order valence-electron chi connectivity index (χ0n) is 14.5. The van der Waals surface area contributed by atoms with Gasteiger partial charge in [0.2, 0.25) is 0 Å². The normalized spacial score (nSPS) is 19.7. The van der Waals surface area contributed by atoms with Crippen LogP contribution < -0.4 is 5.32 Å². The number of hydrogen-bond donors (Lipinski definition) is 2. The van der Waals surface area contributed by atoms with Gasteiger partial charge in [-0.15, -0.1) is 0 Å². The summed E-state index contributed by atoms with van der Waals surface area (Å²) in [7, 11) is 0. The molecule has 23 heavy (non-hydrogen) atoms. The fraction of sp³-hybridized carbons (Fsp3) is 0.647. The molecule has 2 heterocycles. The van der Waals surface area contributed by atoms with Gasteiger partial charge in [0.1, 0.15) is 0 Å². The molecule has 6 heteroatoms. The molecule has 0 spiro atoms. The first-order valence-electron chi connectivity index (χ1n) is 8.15. The van der Waals surface area contributed by atoms with Crippen molar-refractivity contribution >= 4 is 6.03 Å². The molecule has 6 nitrogen and oxygen atoms in total. The van der Waals surface area contributed by atoms with E-state index in [1.54, 1.807) is 12.4 Å². The van der Waals surface area contributed by atoms with Crippen molar-refractivity contribution in [2.75, 3.05) is 26.2 Å². The molecule has 1 aliphatic heterocycles. The van der Waals surface area contributed by atoms with Crippen LogP contribution >= 0.6 is 0 Å².